The third kappa shape index (κ3) is 4.44. The van der Waals surface area contributed by atoms with Crippen molar-refractivity contribution in [2.75, 3.05) is 13.1 Å². The summed E-state index contributed by atoms with van der Waals surface area (Å²) in [5.41, 5.74) is 4.50. The maximum atomic E-state index is 12.0. The van der Waals surface area contributed by atoms with Crippen LogP contribution in [0.5, 0.6) is 5.75 Å². The predicted molar refractivity (Wildman–Crippen MR) is 70.0 cm³/mol. The molecule has 0 aliphatic carbocycles. The average Bonchev–Trinajstić information content (AvgIpc) is 2.40. The first kappa shape index (κ1) is 14.2. The van der Waals surface area contributed by atoms with Gasteiger partial charge in [0.05, 0.1) is 0 Å². The maximum absolute atomic E-state index is 12.0. The van der Waals surface area contributed by atoms with Gasteiger partial charge in [-0.3, -0.25) is 0 Å². The van der Waals surface area contributed by atoms with Gasteiger partial charge in [-0.1, -0.05) is 18.6 Å². The van der Waals surface area contributed by atoms with Crippen molar-refractivity contribution in [1.82, 2.24) is 10.4 Å². The molecule has 0 saturated carbocycles. The van der Waals surface area contributed by atoms with Crippen LogP contribution in [0.25, 0.3) is 0 Å². The molecular weight excluding hydrogens is 250 g/mol. The number of hydrogen-bond acceptors (Lipinski definition) is 3. The van der Waals surface area contributed by atoms with Gasteiger partial charge in [-0.25, -0.2) is 10.4 Å². The highest BCUT2D eigenvalue weighted by Gasteiger charge is 2.14. The molecule has 1 atom stereocenters. The first-order valence-electron chi connectivity index (χ1n) is 6.71. The van der Waals surface area contributed by atoms with Crippen molar-refractivity contribution in [3.8, 4) is 5.75 Å². The zero-order valence-corrected chi connectivity index (χ0v) is 11.1. The van der Waals surface area contributed by atoms with Crippen LogP contribution in [0.4, 0.5) is 8.78 Å². The number of hydrogen-bond donors (Lipinski definition) is 1. The van der Waals surface area contributed by atoms with E-state index in [1.54, 1.807) is 12.1 Å². The van der Waals surface area contributed by atoms with Crippen molar-refractivity contribution in [3.05, 3.63) is 29.8 Å². The van der Waals surface area contributed by atoms with E-state index in [4.69, 9.17) is 0 Å². The molecule has 5 heteroatoms. The van der Waals surface area contributed by atoms with Crippen LogP contribution in [0.15, 0.2) is 24.3 Å². The number of nitrogens with zero attached hydrogens (tertiary/aromatic N) is 1. The molecule has 1 unspecified atom stereocenters. The van der Waals surface area contributed by atoms with Crippen LogP contribution in [-0.2, 0) is 0 Å². The molecule has 3 nitrogen and oxygen atoms in total. The molecule has 106 valence electrons. The Kier molecular flexibility index (Phi) is 5.10. The summed E-state index contributed by atoms with van der Waals surface area (Å²) in [6, 6.07) is 6.96. The molecule has 1 aromatic carbocycles. The van der Waals surface area contributed by atoms with Crippen molar-refractivity contribution in [3.63, 3.8) is 0 Å². The summed E-state index contributed by atoms with van der Waals surface area (Å²) in [7, 11) is 0. The Morgan fingerprint density at radius 3 is 2.32 bits per heavy atom. The van der Waals surface area contributed by atoms with Crippen molar-refractivity contribution < 1.29 is 13.5 Å². The molecule has 1 saturated heterocycles. The highest BCUT2D eigenvalue weighted by atomic mass is 19.3. The lowest BCUT2D eigenvalue weighted by atomic mass is 10.1. The summed E-state index contributed by atoms with van der Waals surface area (Å²) in [6.45, 7) is 1.43. The van der Waals surface area contributed by atoms with E-state index in [1.807, 2.05) is 12.1 Å². The first-order valence-corrected chi connectivity index (χ1v) is 6.71. The van der Waals surface area contributed by atoms with Gasteiger partial charge >= 0.3 is 6.61 Å². The van der Waals surface area contributed by atoms with Gasteiger partial charge in [-0.2, -0.15) is 8.78 Å². The quantitative estimate of drug-likeness (QED) is 0.888. The first-order chi connectivity index (χ1) is 9.15. The molecule has 1 aliphatic heterocycles. The molecule has 0 radical (unpaired) electrons. The fourth-order valence-electron chi connectivity index (χ4n) is 2.31. The highest BCUT2D eigenvalue weighted by molar-refractivity contribution is 5.28. The van der Waals surface area contributed by atoms with Gasteiger partial charge in [0, 0.05) is 19.1 Å². The van der Waals surface area contributed by atoms with Crippen LogP contribution in [0.2, 0.25) is 0 Å². The molecule has 1 heterocycles. The van der Waals surface area contributed by atoms with Crippen molar-refractivity contribution in [2.24, 2.45) is 0 Å². The standard InChI is InChI=1S/C14H20F2N2O/c1-11(17-18-9-3-2-4-10-18)12-5-7-13(8-6-12)19-14(15)16/h5-8,11,14,17H,2-4,9-10H2,1H3. The Morgan fingerprint density at radius 2 is 1.74 bits per heavy atom. The number of hydrazine groups is 1. The maximum Gasteiger partial charge on any atom is 0.387 e. The molecular formula is C14H20F2N2O. The number of ether oxygens (including phenoxy) is 1. The van der Waals surface area contributed by atoms with Gasteiger partial charge in [0.1, 0.15) is 5.75 Å². The largest absolute Gasteiger partial charge is 0.435 e. The smallest absolute Gasteiger partial charge is 0.387 e. The third-order valence-corrected chi connectivity index (χ3v) is 3.34. The van der Waals surface area contributed by atoms with E-state index in [1.165, 1.54) is 19.3 Å². The van der Waals surface area contributed by atoms with Crippen LogP contribution in [0, 0.1) is 0 Å². The second-order valence-electron chi connectivity index (χ2n) is 4.85. The third-order valence-electron chi connectivity index (χ3n) is 3.34. The fraction of sp³-hybridized carbons (Fsp3) is 0.571. The summed E-state index contributed by atoms with van der Waals surface area (Å²) in [5.74, 6) is 0.198. The summed E-state index contributed by atoms with van der Waals surface area (Å²) in [6.07, 6.45) is 3.74. The summed E-state index contributed by atoms with van der Waals surface area (Å²) >= 11 is 0. The minimum Gasteiger partial charge on any atom is -0.435 e. The lowest BCUT2D eigenvalue weighted by Gasteiger charge is -2.30. The zero-order valence-electron chi connectivity index (χ0n) is 11.1. The molecule has 1 fully saturated rings. The molecule has 19 heavy (non-hydrogen) atoms. The van der Waals surface area contributed by atoms with Gasteiger partial charge in [0.25, 0.3) is 0 Å². The summed E-state index contributed by atoms with van der Waals surface area (Å²) in [4.78, 5) is 0. The summed E-state index contributed by atoms with van der Waals surface area (Å²) < 4.78 is 28.4. The number of nitrogens with one attached hydrogen (secondary N) is 1. The van der Waals surface area contributed by atoms with E-state index in [0.717, 1.165) is 18.7 Å². The molecule has 1 aliphatic rings. The molecule has 0 spiro atoms. The normalized spacial score (nSPS) is 18.5. The van der Waals surface area contributed by atoms with Crippen molar-refractivity contribution in [1.29, 1.82) is 0 Å². The Morgan fingerprint density at radius 1 is 1.11 bits per heavy atom. The van der Waals surface area contributed by atoms with E-state index in [0.29, 0.717) is 0 Å². The molecule has 0 bridgehead atoms. The van der Waals surface area contributed by atoms with Crippen LogP contribution in [-0.4, -0.2) is 24.7 Å². The second kappa shape index (κ2) is 6.82. The van der Waals surface area contributed by atoms with Crippen LogP contribution in [0.1, 0.15) is 37.8 Å². The molecule has 0 aromatic heterocycles. The van der Waals surface area contributed by atoms with E-state index < -0.39 is 6.61 Å². The van der Waals surface area contributed by atoms with Crippen molar-refractivity contribution in [2.45, 2.75) is 38.8 Å². The van der Waals surface area contributed by atoms with Gasteiger partial charge in [-0.05, 0) is 37.5 Å². The van der Waals surface area contributed by atoms with Gasteiger partial charge in [-0.15, -0.1) is 0 Å². The SMILES string of the molecule is CC(NN1CCCCC1)c1ccc(OC(F)F)cc1. The van der Waals surface area contributed by atoms with E-state index in [9.17, 15) is 8.78 Å². The van der Waals surface area contributed by atoms with Gasteiger partial charge in [0.15, 0.2) is 0 Å². The Labute approximate surface area is 112 Å². The topological polar surface area (TPSA) is 24.5 Å². The number of halogens is 2. The van der Waals surface area contributed by atoms with E-state index in [2.05, 4.69) is 22.1 Å². The number of rotatable bonds is 5. The lowest BCUT2D eigenvalue weighted by molar-refractivity contribution is -0.0498. The molecule has 0 amide bonds. The number of piperidine rings is 1. The highest BCUT2D eigenvalue weighted by Crippen LogP contribution is 2.20. The van der Waals surface area contributed by atoms with Crippen molar-refractivity contribution >= 4 is 0 Å². The monoisotopic (exact) mass is 270 g/mol. The van der Waals surface area contributed by atoms with Gasteiger partial charge in [0.2, 0.25) is 0 Å². The van der Waals surface area contributed by atoms with Crippen LogP contribution < -0.4 is 10.2 Å². The summed E-state index contributed by atoms with van der Waals surface area (Å²) in [5, 5.41) is 2.23. The Balaban J connectivity index is 1.89. The zero-order chi connectivity index (χ0) is 13.7. The number of alkyl halides is 2. The minimum atomic E-state index is -2.77. The lowest BCUT2D eigenvalue weighted by Crippen LogP contribution is -2.42. The predicted octanol–water partition coefficient (Wildman–Crippen LogP) is 3.34. The van der Waals surface area contributed by atoms with Crippen LogP contribution in [0.3, 0.4) is 0 Å². The van der Waals surface area contributed by atoms with Gasteiger partial charge < -0.3 is 4.74 Å². The second-order valence-corrected chi connectivity index (χ2v) is 4.85. The fourth-order valence-corrected chi connectivity index (χ4v) is 2.31. The molecule has 1 N–H and O–H groups in total. The van der Waals surface area contributed by atoms with Crippen LogP contribution >= 0.6 is 0 Å². The average molecular weight is 270 g/mol. The van der Waals surface area contributed by atoms with E-state index in [-0.39, 0.29) is 11.8 Å². The minimum absolute atomic E-state index is 0.165. The number of benzene rings is 1. The molecule has 1 aromatic rings. The molecule has 2 rings (SSSR count). The Hall–Kier alpha value is -1.20. The Bertz CT molecular complexity index is 378. The van der Waals surface area contributed by atoms with E-state index >= 15 is 0 Å².